The van der Waals surface area contributed by atoms with Crippen molar-refractivity contribution in [3.05, 3.63) is 57.6 Å². The van der Waals surface area contributed by atoms with Gasteiger partial charge in [-0.2, -0.15) is 0 Å². The van der Waals surface area contributed by atoms with Crippen LogP contribution in [-0.2, 0) is 9.53 Å². The van der Waals surface area contributed by atoms with Gasteiger partial charge < -0.3 is 19.7 Å². The van der Waals surface area contributed by atoms with Crippen LogP contribution < -0.4 is 15.0 Å². The first-order valence-electron chi connectivity index (χ1n) is 8.32. The van der Waals surface area contributed by atoms with Gasteiger partial charge in [0, 0.05) is 30.9 Å². The molecule has 1 aliphatic rings. The monoisotopic (exact) mass is 391 g/mol. The summed E-state index contributed by atoms with van der Waals surface area (Å²) in [5.74, 6) is 0.0139. The second kappa shape index (κ2) is 8.70. The largest absolute Gasteiger partial charge is 0.484 e. The van der Waals surface area contributed by atoms with Gasteiger partial charge in [-0.3, -0.25) is 14.9 Å². The minimum atomic E-state index is -0.499. The summed E-state index contributed by atoms with van der Waals surface area (Å²) in [6.45, 7) is 2.65. The third-order valence-electron chi connectivity index (χ3n) is 4.00. The van der Waals surface area contributed by atoms with Crippen molar-refractivity contribution < 1.29 is 19.2 Å². The van der Waals surface area contributed by atoms with Crippen molar-refractivity contribution in [1.82, 2.24) is 0 Å². The van der Waals surface area contributed by atoms with Crippen LogP contribution in [0.3, 0.4) is 0 Å². The maximum Gasteiger partial charge on any atom is 0.269 e. The highest BCUT2D eigenvalue weighted by Gasteiger charge is 2.15. The maximum atomic E-state index is 12.0. The van der Waals surface area contributed by atoms with Crippen molar-refractivity contribution in [3.8, 4) is 5.75 Å². The second-order valence-electron chi connectivity index (χ2n) is 5.85. The highest BCUT2D eigenvalue weighted by atomic mass is 35.5. The van der Waals surface area contributed by atoms with Gasteiger partial charge in [-0.1, -0.05) is 11.6 Å². The number of hydrogen-bond acceptors (Lipinski definition) is 6. The number of hydrogen-bond donors (Lipinski definition) is 1. The highest BCUT2D eigenvalue weighted by Crippen LogP contribution is 2.29. The Kier molecular flexibility index (Phi) is 6.10. The van der Waals surface area contributed by atoms with Crippen molar-refractivity contribution in [2.45, 2.75) is 0 Å². The smallest absolute Gasteiger partial charge is 0.269 e. The van der Waals surface area contributed by atoms with E-state index in [4.69, 9.17) is 21.1 Å². The molecule has 9 heteroatoms. The number of ether oxygens (including phenoxy) is 2. The molecule has 0 unspecified atom stereocenters. The van der Waals surface area contributed by atoms with Gasteiger partial charge in [0.15, 0.2) is 6.61 Å². The minimum Gasteiger partial charge on any atom is -0.484 e. The Morgan fingerprint density at radius 1 is 1.22 bits per heavy atom. The zero-order chi connectivity index (χ0) is 19.2. The summed E-state index contributed by atoms with van der Waals surface area (Å²) < 4.78 is 10.7. The number of nitro groups is 1. The fraction of sp³-hybridized carbons (Fsp3) is 0.278. The molecule has 1 N–H and O–H groups in total. The van der Waals surface area contributed by atoms with Gasteiger partial charge in [-0.25, -0.2) is 0 Å². The Morgan fingerprint density at radius 3 is 2.56 bits per heavy atom. The average Bonchev–Trinajstić information content (AvgIpc) is 2.67. The normalized spacial score (nSPS) is 13.9. The molecule has 1 saturated heterocycles. The van der Waals surface area contributed by atoms with Gasteiger partial charge in [-0.15, -0.1) is 0 Å². The topological polar surface area (TPSA) is 93.9 Å². The van der Waals surface area contributed by atoms with Crippen molar-refractivity contribution >= 4 is 34.6 Å². The van der Waals surface area contributed by atoms with Crippen LogP contribution in [0.4, 0.5) is 17.1 Å². The van der Waals surface area contributed by atoms with Crippen molar-refractivity contribution in [3.63, 3.8) is 0 Å². The van der Waals surface area contributed by atoms with Gasteiger partial charge in [-0.05, 0) is 30.3 Å². The number of amides is 1. The minimum absolute atomic E-state index is 0.0400. The number of halogens is 1. The lowest BCUT2D eigenvalue weighted by molar-refractivity contribution is -0.384. The van der Waals surface area contributed by atoms with E-state index in [9.17, 15) is 14.9 Å². The molecule has 1 aliphatic heterocycles. The fourth-order valence-electron chi connectivity index (χ4n) is 2.66. The quantitative estimate of drug-likeness (QED) is 0.600. The molecule has 0 atom stereocenters. The number of morpholine rings is 1. The lowest BCUT2D eigenvalue weighted by Crippen LogP contribution is -2.36. The third kappa shape index (κ3) is 5.08. The van der Waals surface area contributed by atoms with E-state index in [-0.39, 0.29) is 18.2 Å². The molecule has 8 nitrogen and oxygen atoms in total. The van der Waals surface area contributed by atoms with Crippen LogP contribution in [0.1, 0.15) is 0 Å². The van der Waals surface area contributed by atoms with E-state index in [1.165, 1.54) is 24.3 Å². The molecule has 0 bridgehead atoms. The molecular weight excluding hydrogens is 374 g/mol. The number of rotatable bonds is 6. The molecular formula is C18H18ClN3O5. The molecule has 1 heterocycles. The Bertz CT molecular complexity index is 822. The standard InChI is InChI=1S/C18H18ClN3O5/c19-16-11-13(1-6-17(16)21-7-9-26-10-8-21)20-18(23)12-27-15-4-2-14(3-5-15)22(24)25/h1-6,11H,7-10,12H2,(H,20,23). The number of nitrogens with zero attached hydrogens (tertiary/aromatic N) is 2. The van der Waals surface area contributed by atoms with Gasteiger partial charge in [0.05, 0.1) is 28.8 Å². The Hall–Kier alpha value is -2.84. The van der Waals surface area contributed by atoms with Crippen LogP contribution in [0, 0.1) is 10.1 Å². The van der Waals surface area contributed by atoms with Crippen LogP contribution in [0.2, 0.25) is 5.02 Å². The molecule has 0 spiro atoms. The number of carbonyl (C=O) groups is 1. The van der Waals surface area contributed by atoms with E-state index in [1.807, 2.05) is 6.07 Å². The molecule has 2 aromatic rings. The molecule has 0 aliphatic carbocycles. The summed E-state index contributed by atoms with van der Waals surface area (Å²) in [5, 5.41) is 13.9. The predicted molar refractivity (Wildman–Crippen MR) is 102 cm³/mol. The zero-order valence-corrected chi connectivity index (χ0v) is 15.1. The average molecular weight is 392 g/mol. The summed E-state index contributed by atoms with van der Waals surface area (Å²) >= 11 is 6.34. The maximum absolute atomic E-state index is 12.0. The van der Waals surface area contributed by atoms with E-state index >= 15 is 0 Å². The number of anilines is 2. The lowest BCUT2D eigenvalue weighted by atomic mass is 10.2. The molecule has 142 valence electrons. The summed E-state index contributed by atoms with van der Waals surface area (Å²) in [5.41, 5.74) is 1.43. The summed E-state index contributed by atoms with van der Waals surface area (Å²) in [6.07, 6.45) is 0. The predicted octanol–water partition coefficient (Wildman–Crippen LogP) is 3.10. The summed E-state index contributed by atoms with van der Waals surface area (Å²) in [7, 11) is 0. The summed E-state index contributed by atoms with van der Waals surface area (Å²) in [6, 6.07) is 10.9. The molecule has 0 radical (unpaired) electrons. The van der Waals surface area contributed by atoms with Gasteiger partial charge >= 0.3 is 0 Å². The van der Waals surface area contributed by atoms with Crippen LogP contribution in [-0.4, -0.2) is 43.7 Å². The number of nitrogens with one attached hydrogen (secondary N) is 1. The van der Waals surface area contributed by atoms with Crippen LogP contribution in [0.25, 0.3) is 0 Å². The van der Waals surface area contributed by atoms with Crippen LogP contribution >= 0.6 is 11.6 Å². The fourth-order valence-corrected chi connectivity index (χ4v) is 2.96. The molecule has 3 rings (SSSR count). The molecule has 1 amide bonds. The van der Waals surface area contributed by atoms with Gasteiger partial charge in [0.2, 0.25) is 0 Å². The Labute approximate surface area is 160 Å². The number of benzene rings is 2. The zero-order valence-electron chi connectivity index (χ0n) is 14.4. The van der Waals surface area contributed by atoms with E-state index in [1.54, 1.807) is 12.1 Å². The van der Waals surface area contributed by atoms with Crippen LogP contribution in [0.5, 0.6) is 5.75 Å². The van der Waals surface area contributed by atoms with Crippen molar-refractivity contribution in [2.75, 3.05) is 43.1 Å². The number of nitro benzene ring substituents is 1. The molecule has 27 heavy (non-hydrogen) atoms. The molecule has 2 aromatic carbocycles. The number of carbonyl (C=O) groups excluding carboxylic acids is 1. The van der Waals surface area contributed by atoms with Crippen molar-refractivity contribution in [1.29, 1.82) is 0 Å². The van der Waals surface area contributed by atoms with Crippen molar-refractivity contribution in [2.24, 2.45) is 0 Å². The molecule has 0 aromatic heterocycles. The van der Waals surface area contributed by atoms with E-state index in [0.29, 0.717) is 29.7 Å². The van der Waals surface area contributed by atoms with Gasteiger partial charge in [0.25, 0.3) is 11.6 Å². The molecule has 0 saturated carbocycles. The first-order valence-corrected chi connectivity index (χ1v) is 8.70. The third-order valence-corrected chi connectivity index (χ3v) is 4.30. The Morgan fingerprint density at radius 2 is 1.93 bits per heavy atom. The Balaban J connectivity index is 1.54. The van der Waals surface area contributed by atoms with Gasteiger partial charge in [0.1, 0.15) is 5.75 Å². The number of non-ortho nitro benzene ring substituents is 1. The van der Waals surface area contributed by atoms with E-state index in [0.717, 1.165) is 18.8 Å². The van der Waals surface area contributed by atoms with E-state index in [2.05, 4.69) is 10.2 Å². The second-order valence-corrected chi connectivity index (χ2v) is 6.26. The highest BCUT2D eigenvalue weighted by molar-refractivity contribution is 6.33. The first-order chi connectivity index (χ1) is 13.0. The van der Waals surface area contributed by atoms with E-state index < -0.39 is 4.92 Å². The van der Waals surface area contributed by atoms with Crippen LogP contribution in [0.15, 0.2) is 42.5 Å². The lowest BCUT2D eigenvalue weighted by Gasteiger charge is -2.29. The first kappa shape index (κ1) is 18.9. The SMILES string of the molecule is O=C(COc1ccc([N+](=O)[O-])cc1)Nc1ccc(N2CCOCC2)c(Cl)c1. The molecule has 1 fully saturated rings. The summed E-state index contributed by atoms with van der Waals surface area (Å²) in [4.78, 5) is 24.3.